The largest absolute Gasteiger partial charge is 0.508 e. The molecule has 1 atom stereocenters. The Hall–Kier alpha value is -1.75. The van der Waals surface area contributed by atoms with Gasteiger partial charge in [0.15, 0.2) is 6.10 Å². The van der Waals surface area contributed by atoms with E-state index in [4.69, 9.17) is 0 Å². The third-order valence-electron chi connectivity index (χ3n) is 2.78. The fourth-order valence-electron chi connectivity index (χ4n) is 1.59. The lowest BCUT2D eigenvalue weighted by Gasteiger charge is -2.29. The predicted octanol–water partition coefficient (Wildman–Crippen LogP) is 0.909. The number of methoxy groups -OCH3 is 1. The molecule has 0 aliphatic heterocycles. The number of aliphatic hydroxyl groups excluding tert-OH is 1. The van der Waals surface area contributed by atoms with Gasteiger partial charge in [-0.15, -0.1) is 0 Å². The van der Waals surface area contributed by atoms with Crippen LogP contribution in [0.4, 0.5) is 0 Å². The molecule has 1 aromatic carbocycles. The second-order valence-electron chi connectivity index (χ2n) is 4.35. The lowest BCUT2D eigenvalue weighted by atomic mass is 9.78. The van der Waals surface area contributed by atoms with Crippen molar-refractivity contribution < 1.29 is 24.9 Å². The molecule has 1 aromatic rings. The molecule has 0 aromatic heterocycles. The van der Waals surface area contributed by atoms with Crippen LogP contribution in [0.1, 0.15) is 19.4 Å². The summed E-state index contributed by atoms with van der Waals surface area (Å²) < 4.78 is 4.46. The third-order valence-corrected chi connectivity index (χ3v) is 2.78. The van der Waals surface area contributed by atoms with Crippen LogP contribution in [0.2, 0.25) is 0 Å². The highest BCUT2D eigenvalue weighted by atomic mass is 16.5. The van der Waals surface area contributed by atoms with E-state index in [9.17, 15) is 20.1 Å². The Morgan fingerprint density at radius 1 is 1.35 bits per heavy atom. The Morgan fingerprint density at radius 3 is 2.47 bits per heavy atom. The third kappa shape index (κ3) is 2.50. The van der Waals surface area contributed by atoms with Gasteiger partial charge in [-0.3, -0.25) is 0 Å². The molecule has 1 unspecified atom stereocenters. The highest BCUT2D eigenvalue weighted by Crippen LogP contribution is 2.36. The summed E-state index contributed by atoms with van der Waals surface area (Å²) in [6.45, 7) is 3.14. The van der Waals surface area contributed by atoms with E-state index in [1.54, 1.807) is 13.8 Å². The summed E-state index contributed by atoms with van der Waals surface area (Å²) >= 11 is 0. The van der Waals surface area contributed by atoms with Gasteiger partial charge in [0.1, 0.15) is 11.5 Å². The van der Waals surface area contributed by atoms with Crippen LogP contribution in [0.5, 0.6) is 11.5 Å². The van der Waals surface area contributed by atoms with E-state index in [0.29, 0.717) is 0 Å². The summed E-state index contributed by atoms with van der Waals surface area (Å²) in [5, 5.41) is 28.9. The molecule has 17 heavy (non-hydrogen) atoms. The maximum atomic E-state index is 11.3. The number of benzene rings is 1. The van der Waals surface area contributed by atoms with Crippen molar-refractivity contribution in [2.45, 2.75) is 25.4 Å². The van der Waals surface area contributed by atoms with Crippen molar-refractivity contribution in [2.24, 2.45) is 0 Å². The van der Waals surface area contributed by atoms with E-state index in [2.05, 4.69) is 4.74 Å². The van der Waals surface area contributed by atoms with E-state index >= 15 is 0 Å². The number of aliphatic hydroxyl groups is 1. The van der Waals surface area contributed by atoms with Crippen molar-refractivity contribution in [1.29, 1.82) is 0 Å². The minimum atomic E-state index is -1.43. The van der Waals surface area contributed by atoms with Crippen molar-refractivity contribution in [3.8, 4) is 11.5 Å². The minimum Gasteiger partial charge on any atom is -0.508 e. The summed E-state index contributed by atoms with van der Waals surface area (Å²) in [4.78, 5) is 11.3. The Bertz CT molecular complexity index is 425. The van der Waals surface area contributed by atoms with E-state index < -0.39 is 17.5 Å². The number of phenols is 2. The molecular weight excluding hydrogens is 224 g/mol. The highest BCUT2D eigenvalue weighted by Gasteiger charge is 2.38. The molecule has 0 saturated heterocycles. The maximum absolute atomic E-state index is 11.3. The van der Waals surface area contributed by atoms with Crippen molar-refractivity contribution in [3.63, 3.8) is 0 Å². The quantitative estimate of drug-likeness (QED) is 0.540. The number of carbonyl (C=O) groups excluding carboxylic acids is 1. The number of carbonyl (C=O) groups is 1. The average Bonchev–Trinajstić information content (AvgIpc) is 2.30. The number of rotatable bonds is 3. The monoisotopic (exact) mass is 240 g/mol. The fourth-order valence-corrected chi connectivity index (χ4v) is 1.59. The second kappa shape index (κ2) is 4.63. The molecule has 5 heteroatoms. The van der Waals surface area contributed by atoms with Gasteiger partial charge in [0.05, 0.1) is 7.11 Å². The number of esters is 1. The molecule has 0 aliphatic rings. The smallest absolute Gasteiger partial charge is 0.335 e. The summed E-state index contributed by atoms with van der Waals surface area (Å²) in [7, 11) is 1.17. The molecular formula is C12H16O5. The zero-order valence-electron chi connectivity index (χ0n) is 9.97. The zero-order valence-corrected chi connectivity index (χ0v) is 9.97. The maximum Gasteiger partial charge on any atom is 0.335 e. The molecule has 0 spiro atoms. The van der Waals surface area contributed by atoms with Gasteiger partial charge in [0, 0.05) is 11.0 Å². The van der Waals surface area contributed by atoms with E-state index in [-0.39, 0.29) is 17.1 Å². The Morgan fingerprint density at radius 2 is 1.94 bits per heavy atom. The van der Waals surface area contributed by atoms with Crippen LogP contribution >= 0.6 is 0 Å². The topological polar surface area (TPSA) is 87.0 Å². The Balaban J connectivity index is 3.20. The van der Waals surface area contributed by atoms with Crippen molar-refractivity contribution >= 4 is 5.97 Å². The van der Waals surface area contributed by atoms with Crippen molar-refractivity contribution in [3.05, 3.63) is 23.8 Å². The number of aromatic hydroxyl groups is 2. The number of hydrogen-bond donors (Lipinski definition) is 3. The number of hydrogen-bond acceptors (Lipinski definition) is 5. The van der Waals surface area contributed by atoms with Crippen LogP contribution in [-0.4, -0.2) is 34.5 Å². The molecule has 1 rings (SSSR count). The Kier molecular flexibility index (Phi) is 3.63. The van der Waals surface area contributed by atoms with E-state index in [1.807, 2.05) is 0 Å². The van der Waals surface area contributed by atoms with Gasteiger partial charge in [-0.25, -0.2) is 4.79 Å². The molecule has 0 aliphatic carbocycles. The highest BCUT2D eigenvalue weighted by molar-refractivity contribution is 5.76. The normalized spacial score (nSPS) is 13.2. The molecule has 0 heterocycles. The summed E-state index contributed by atoms with van der Waals surface area (Å²) in [6, 6.07) is 3.93. The zero-order chi connectivity index (χ0) is 13.2. The molecule has 0 saturated carbocycles. The fraction of sp³-hybridized carbons (Fsp3) is 0.417. The van der Waals surface area contributed by atoms with Gasteiger partial charge < -0.3 is 20.1 Å². The van der Waals surface area contributed by atoms with Crippen molar-refractivity contribution in [1.82, 2.24) is 0 Å². The molecule has 0 radical (unpaired) electrons. The van der Waals surface area contributed by atoms with E-state index in [0.717, 1.165) is 0 Å². The van der Waals surface area contributed by atoms with Crippen molar-refractivity contribution in [2.75, 3.05) is 7.11 Å². The van der Waals surface area contributed by atoms with Crippen LogP contribution in [0, 0.1) is 0 Å². The second-order valence-corrected chi connectivity index (χ2v) is 4.35. The SMILES string of the molecule is COC(=O)C(O)C(C)(C)c1cc(O)ccc1O. The first-order valence-corrected chi connectivity index (χ1v) is 5.09. The van der Waals surface area contributed by atoms with Gasteiger partial charge in [0.2, 0.25) is 0 Å². The summed E-state index contributed by atoms with van der Waals surface area (Å²) in [5.74, 6) is -0.948. The average molecular weight is 240 g/mol. The summed E-state index contributed by atoms with van der Waals surface area (Å²) in [5.41, 5.74) is -0.800. The molecule has 5 nitrogen and oxygen atoms in total. The van der Waals surface area contributed by atoms with Gasteiger partial charge in [-0.1, -0.05) is 13.8 Å². The first-order chi connectivity index (χ1) is 7.80. The van der Waals surface area contributed by atoms with Gasteiger partial charge >= 0.3 is 5.97 Å². The van der Waals surface area contributed by atoms with Crippen LogP contribution in [0.25, 0.3) is 0 Å². The first-order valence-electron chi connectivity index (χ1n) is 5.09. The van der Waals surface area contributed by atoms with Gasteiger partial charge in [0.25, 0.3) is 0 Å². The predicted molar refractivity (Wildman–Crippen MR) is 60.8 cm³/mol. The molecule has 94 valence electrons. The van der Waals surface area contributed by atoms with Gasteiger partial charge in [-0.05, 0) is 18.2 Å². The van der Waals surface area contributed by atoms with Crippen LogP contribution in [0.15, 0.2) is 18.2 Å². The summed E-state index contributed by atoms with van der Waals surface area (Å²) in [6.07, 6.45) is -1.43. The molecule has 0 amide bonds. The Labute approximate surface area is 99.3 Å². The number of ether oxygens (including phenoxy) is 1. The molecule has 3 N–H and O–H groups in total. The lowest BCUT2D eigenvalue weighted by molar-refractivity contribution is -0.153. The van der Waals surface area contributed by atoms with Crippen LogP contribution in [0.3, 0.4) is 0 Å². The van der Waals surface area contributed by atoms with Crippen LogP contribution in [-0.2, 0) is 14.9 Å². The molecule has 0 bridgehead atoms. The lowest BCUT2D eigenvalue weighted by Crippen LogP contribution is -2.40. The standard InChI is InChI=1S/C12H16O5/c1-12(2,10(15)11(16)17-3)8-6-7(13)4-5-9(8)14/h4-6,10,13-15H,1-3H3. The first kappa shape index (κ1) is 13.3. The van der Waals surface area contributed by atoms with Gasteiger partial charge in [-0.2, -0.15) is 0 Å². The molecule has 0 fully saturated rings. The van der Waals surface area contributed by atoms with Crippen LogP contribution < -0.4 is 0 Å². The minimum absolute atomic E-state index is 0.0528. The number of phenolic OH excluding ortho intramolecular Hbond substituents is 2. The van der Waals surface area contributed by atoms with E-state index in [1.165, 1.54) is 25.3 Å².